The zero-order chi connectivity index (χ0) is 21.0. The van der Waals surface area contributed by atoms with Crippen LogP contribution in [-0.2, 0) is 22.7 Å². The summed E-state index contributed by atoms with van der Waals surface area (Å²) in [6.45, 7) is -0.596. The van der Waals surface area contributed by atoms with Gasteiger partial charge < -0.3 is 4.74 Å². The SMILES string of the molecule is O=C(/C=C/c1cnn(Cc2ccccc2)c1)OCc1c(F)c(F)c(F)c(F)c1F. The smallest absolute Gasteiger partial charge is 0.331 e. The molecule has 9 heteroatoms. The van der Waals surface area contributed by atoms with E-state index in [0.717, 1.165) is 11.6 Å². The molecular formula is C20H13F5N2O2. The Kier molecular flexibility index (Phi) is 6.06. The van der Waals surface area contributed by atoms with Crippen molar-refractivity contribution in [1.29, 1.82) is 0 Å². The molecule has 0 radical (unpaired) electrons. The highest BCUT2D eigenvalue weighted by Gasteiger charge is 2.26. The predicted molar refractivity (Wildman–Crippen MR) is 92.8 cm³/mol. The van der Waals surface area contributed by atoms with Crippen molar-refractivity contribution in [2.45, 2.75) is 13.2 Å². The second kappa shape index (κ2) is 8.68. The number of hydrogen-bond acceptors (Lipinski definition) is 3. The van der Waals surface area contributed by atoms with Crippen LogP contribution in [0.4, 0.5) is 22.0 Å². The molecule has 3 rings (SSSR count). The number of rotatable bonds is 6. The Bertz CT molecular complexity index is 1040. The Morgan fingerprint density at radius 2 is 1.59 bits per heavy atom. The fraction of sp³-hybridized carbons (Fsp3) is 0.100. The maximum absolute atomic E-state index is 13.5. The van der Waals surface area contributed by atoms with Crippen molar-refractivity contribution in [3.8, 4) is 0 Å². The molecule has 29 heavy (non-hydrogen) atoms. The van der Waals surface area contributed by atoms with Crippen molar-refractivity contribution in [1.82, 2.24) is 9.78 Å². The number of ether oxygens (including phenoxy) is 1. The Morgan fingerprint density at radius 3 is 2.24 bits per heavy atom. The number of carbonyl (C=O) groups is 1. The maximum atomic E-state index is 13.5. The molecule has 0 unspecified atom stereocenters. The Labute approximate surface area is 161 Å². The third-order valence-electron chi connectivity index (χ3n) is 3.91. The van der Waals surface area contributed by atoms with E-state index in [1.807, 2.05) is 30.3 Å². The van der Waals surface area contributed by atoms with E-state index >= 15 is 0 Å². The first-order valence-electron chi connectivity index (χ1n) is 8.28. The van der Waals surface area contributed by atoms with Gasteiger partial charge in [-0.25, -0.2) is 26.7 Å². The third-order valence-corrected chi connectivity index (χ3v) is 3.91. The van der Waals surface area contributed by atoms with Gasteiger partial charge >= 0.3 is 5.97 Å². The number of aromatic nitrogens is 2. The first-order valence-corrected chi connectivity index (χ1v) is 8.28. The van der Waals surface area contributed by atoms with Crippen LogP contribution in [0.5, 0.6) is 0 Å². The molecule has 0 atom stereocenters. The Morgan fingerprint density at radius 1 is 0.966 bits per heavy atom. The number of carbonyl (C=O) groups excluding carboxylic acids is 1. The number of esters is 1. The largest absolute Gasteiger partial charge is 0.457 e. The molecule has 0 spiro atoms. The van der Waals surface area contributed by atoms with Gasteiger partial charge in [-0.2, -0.15) is 5.10 Å². The van der Waals surface area contributed by atoms with Crippen LogP contribution in [-0.4, -0.2) is 15.7 Å². The molecule has 0 fully saturated rings. The van der Waals surface area contributed by atoms with Gasteiger partial charge in [-0.05, 0) is 11.6 Å². The Balaban J connectivity index is 1.61. The normalized spacial score (nSPS) is 11.2. The predicted octanol–water partition coefficient (Wildman–Crippen LogP) is 4.38. The second-order valence-electron chi connectivity index (χ2n) is 5.95. The quantitative estimate of drug-likeness (QED) is 0.200. The van der Waals surface area contributed by atoms with E-state index in [9.17, 15) is 26.7 Å². The average molecular weight is 408 g/mol. The molecule has 0 saturated carbocycles. The van der Waals surface area contributed by atoms with E-state index in [0.29, 0.717) is 12.1 Å². The zero-order valence-corrected chi connectivity index (χ0v) is 14.7. The van der Waals surface area contributed by atoms with Crippen LogP contribution in [0.1, 0.15) is 16.7 Å². The molecule has 0 N–H and O–H groups in total. The Hall–Kier alpha value is -3.49. The summed E-state index contributed by atoms with van der Waals surface area (Å²) >= 11 is 0. The van der Waals surface area contributed by atoms with Crippen molar-refractivity contribution in [2.75, 3.05) is 0 Å². The molecule has 0 saturated heterocycles. The van der Waals surface area contributed by atoms with Gasteiger partial charge in [-0.3, -0.25) is 4.68 Å². The highest BCUT2D eigenvalue weighted by molar-refractivity contribution is 5.86. The lowest BCUT2D eigenvalue weighted by molar-refractivity contribution is -0.139. The van der Waals surface area contributed by atoms with Crippen LogP contribution >= 0.6 is 0 Å². The second-order valence-corrected chi connectivity index (χ2v) is 5.95. The minimum Gasteiger partial charge on any atom is -0.457 e. The van der Waals surface area contributed by atoms with Crippen molar-refractivity contribution in [3.63, 3.8) is 0 Å². The van der Waals surface area contributed by atoms with Gasteiger partial charge in [-0.1, -0.05) is 30.3 Å². The molecule has 0 amide bonds. The van der Waals surface area contributed by atoms with E-state index < -0.39 is 47.2 Å². The van der Waals surface area contributed by atoms with E-state index in [2.05, 4.69) is 9.84 Å². The lowest BCUT2D eigenvalue weighted by Crippen LogP contribution is -2.10. The minimum atomic E-state index is -2.28. The van der Waals surface area contributed by atoms with Gasteiger partial charge in [0.1, 0.15) is 6.61 Å². The molecule has 4 nitrogen and oxygen atoms in total. The molecule has 0 aliphatic rings. The van der Waals surface area contributed by atoms with Crippen LogP contribution < -0.4 is 0 Å². The van der Waals surface area contributed by atoms with E-state index in [1.165, 1.54) is 12.3 Å². The zero-order valence-electron chi connectivity index (χ0n) is 14.7. The summed E-state index contributed by atoms with van der Waals surface area (Å²) in [5.41, 5.74) is 0.348. The fourth-order valence-electron chi connectivity index (χ4n) is 2.46. The van der Waals surface area contributed by atoms with Crippen LogP contribution in [0.2, 0.25) is 0 Å². The highest BCUT2D eigenvalue weighted by atomic mass is 19.2. The maximum Gasteiger partial charge on any atom is 0.331 e. The van der Waals surface area contributed by atoms with Crippen molar-refractivity contribution in [2.24, 2.45) is 0 Å². The molecule has 3 aromatic rings. The van der Waals surface area contributed by atoms with Crippen LogP contribution in [0, 0.1) is 29.1 Å². The van der Waals surface area contributed by atoms with Crippen molar-refractivity contribution < 1.29 is 31.5 Å². The van der Waals surface area contributed by atoms with E-state index in [-0.39, 0.29) is 0 Å². The average Bonchev–Trinajstić information content (AvgIpc) is 3.17. The fourth-order valence-corrected chi connectivity index (χ4v) is 2.46. The molecule has 1 heterocycles. The minimum absolute atomic E-state index is 0.513. The summed E-state index contributed by atoms with van der Waals surface area (Å²) in [4.78, 5) is 11.7. The third kappa shape index (κ3) is 4.68. The first-order chi connectivity index (χ1) is 13.9. The molecule has 150 valence electrons. The van der Waals surface area contributed by atoms with Gasteiger partial charge in [0.05, 0.1) is 18.3 Å². The van der Waals surface area contributed by atoms with E-state index in [1.54, 1.807) is 10.9 Å². The molecule has 0 aliphatic heterocycles. The summed E-state index contributed by atoms with van der Waals surface area (Å²) in [7, 11) is 0. The number of nitrogens with zero attached hydrogens (tertiary/aromatic N) is 2. The van der Waals surface area contributed by atoms with Gasteiger partial charge in [-0.15, -0.1) is 0 Å². The summed E-state index contributed by atoms with van der Waals surface area (Å²) in [5, 5.41) is 4.13. The summed E-state index contributed by atoms with van der Waals surface area (Å²) < 4.78 is 72.5. The number of benzene rings is 2. The van der Waals surface area contributed by atoms with Crippen LogP contribution in [0.3, 0.4) is 0 Å². The standard InChI is InChI=1S/C20H13F5N2O2/c21-16-14(17(22)19(24)20(25)18(16)23)11-29-15(28)7-6-13-8-26-27(10-13)9-12-4-2-1-3-5-12/h1-8,10H,9,11H2/b7-6+. The lowest BCUT2D eigenvalue weighted by Gasteiger charge is -2.08. The van der Waals surface area contributed by atoms with Gasteiger partial charge in [0.2, 0.25) is 5.82 Å². The first kappa shape index (κ1) is 20.2. The van der Waals surface area contributed by atoms with Gasteiger partial charge in [0.25, 0.3) is 0 Å². The number of hydrogen-bond donors (Lipinski definition) is 0. The van der Waals surface area contributed by atoms with Gasteiger partial charge in [0, 0.05) is 17.8 Å². The van der Waals surface area contributed by atoms with Gasteiger partial charge in [0.15, 0.2) is 23.3 Å². The molecule has 2 aromatic carbocycles. The van der Waals surface area contributed by atoms with Crippen LogP contribution in [0.25, 0.3) is 6.08 Å². The molecule has 0 bridgehead atoms. The summed E-state index contributed by atoms with van der Waals surface area (Å²) in [5.74, 6) is -11.6. The van der Waals surface area contributed by atoms with E-state index in [4.69, 9.17) is 0 Å². The van der Waals surface area contributed by atoms with Crippen molar-refractivity contribution in [3.05, 3.63) is 94.6 Å². The summed E-state index contributed by atoms with van der Waals surface area (Å²) in [6, 6.07) is 9.51. The summed E-state index contributed by atoms with van der Waals surface area (Å²) in [6.07, 6.45) is 5.43. The van der Waals surface area contributed by atoms with Crippen LogP contribution in [0.15, 0.2) is 48.8 Å². The molecular weight excluding hydrogens is 395 g/mol. The molecule has 0 aliphatic carbocycles. The number of halogens is 5. The highest BCUT2D eigenvalue weighted by Crippen LogP contribution is 2.23. The molecule has 1 aromatic heterocycles. The monoisotopic (exact) mass is 408 g/mol. The topological polar surface area (TPSA) is 44.1 Å². The lowest BCUT2D eigenvalue weighted by atomic mass is 10.2. The van der Waals surface area contributed by atoms with Crippen molar-refractivity contribution >= 4 is 12.0 Å².